The molecule has 2 N–H and O–H groups in total. The van der Waals surface area contributed by atoms with Gasteiger partial charge in [0.05, 0.1) is 31.9 Å². The molecule has 0 aliphatic rings. The summed E-state index contributed by atoms with van der Waals surface area (Å²) in [6.45, 7) is 0. The fourth-order valence-corrected chi connectivity index (χ4v) is 3.71. The van der Waals surface area contributed by atoms with Gasteiger partial charge >= 0.3 is 5.69 Å². The van der Waals surface area contributed by atoms with Gasteiger partial charge in [-0.15, -0.1) is 11.3 Å². The Morgan fingerprint density at radius 1 is 1.06 bits per heavy atom. The number of benzene rings is 2. The lowest BCUT2D eigenvalue weighted by atomic mass is 10.1. The first-order valence-electron chi connectivity index (χ1n) is 8.99. The molecule has 0 aliphatic heterocycles. The first-order chi connectivity index (χ1) is 15.4. The number of ether oxygens (including phenoxy) is 3. The number of anilines is 1. The number of aromatic nitrogens is 1. The summed E-state index contributed by atoms with van der Waals surface area (Å²) in [5, 5.41) is 18.7. The molecule has 3 aromatic rings. The number of hydrogen-bond acceptors (Lipinski definition) is 9. The number of methoxy groups -OCH3 is 3. The number of hydrogen-bond donors (Lipinski definition) is 2. The van der Waals surface area contributed by atoms with Crippen LogP contribution in [0.25, 0.3) is 11.3 Å². The Hall–Kier alpha value is -3.77. The Balaban J connectivity index is 1.69. The summed E-state index contributed by atoms with van der Waals surface area (Å²) >= 11 is 6.46. The van der Waals surface area contributed by atoms with Crippen molar-refractivity contribution in [2.75, 3.05) is 26.6 Å². The highest BCUT2D eigenvalue weighted by Gasteiger charge is 2.19. The second-order valence-electron chi connectivity index (χ2n) is 6.16. The van der Waals surface area contributed by atoms with Crippen molar-refractivity contribution in [2.45, 2.75) is 0 Å². The highest BCUT2D eigenvalue weighted by Crippen LogP contribution is 2.33. The summed E-state index contributed by atoms with van der Waals surface area (Å²) in [5.41, 5.74) is 1.23. The van der Waals surface area contributed by atoms with Crippen molar-refractivity contribution < 1.29 is 23.9 Å². The average Bonchev–Trinajstić information content (AvgIpc) is 3.26. The van der Waals surface area contributed by atoms with Crippen molar-refractivity contribution in [3.05, 3.63) is 57.5 Å². The first kappa shape index (κ1) is 22.9. The Labute approximate surface area is 192 Å². The van der Waals surface area contributed by atoms with Gasteiger partial charge in [-0.3, -0.25) is 20.2 Å². The van der Waals surface area contributed by atoms with Gasteiger partial charge in [0.15, 0.2) is 27.5 Å². The molecule has 1 amide bonds. The largest absolute Gasteiger partial charge is 0.493 e. The summed E-state index contributed by atoms with van der Waals surface area (Å²) in [6, 6.07) is 9.29. The zero-order valence-corrected chi connectivity index (χ0v) is 18.8. The summed E-state index contributed by atoms with van der Waals surface area (Å²) in [5.74, 6) is 0.624. The highest BCUT2D eigenvalue weighted by atomic mass is 32.1. The predicted octanol–water partition coefficient (Wildman–Crippen LogP) is 3.87. The van der Waals surface area contributed by atoms with Crippen LogP contribution in [0.3, 0.4) is 0 Å². The number of thiocarbonyl (C=S) groups is 1. The lowest BCUT2D eigenvalue weighted by Gasteiger charge is -2.09. The number of amides is 1. The van der Waals surface area contributed by atoms with E-state index in [-0.39, 0.29) is 22.1 Å². The zero-order chi connectivity index (χ0) is 23.3. The standard InChI is InChI=1S/C20H18N4O6S2/c1-28-15-6-5-12(8-14(15)24(26)27)18(25)22-19(31)23-20-21-13(10-32-20)11-4-7-16(29-2)17(9-11)30-3/h4-10H,1-3H3,(H2,21,22,23,25,31). The molecule has 0 saturated carbocycles. The van der Waals surface area contributed by atoms with E-state index in [1.54, 1.807) is 26.4 Å². The Kier molecular flexibility index (Phi) is 7.18. The molecule has 1 aromatic heterocycles. The van der Waals surface area contributed by atoms with Crippen LogP contribution in [0.5, 0.6) is 17.2 Å². The number of nitrogens with zero attached hydrogens (tertiary/aromatic N) is 2. The van der Waals surface area contributed by atoms with E-state index < -0.39 is 10.8 Å². The first-order valence-corrected chi connectivity index (χ1v) is 10.3. The molecule has 0 radical (unpaired) electrons. The summed E-state index contributed by atoms with van der Waals surface area (Å²) in [7, 11) is 4.42. The summed E-state index contributed by atoms with van der Waals surface area (Å²) in [4.78, 5) is 27.4. The molecule has 0 bridgehead atoms. The average molecular weight is 475 g/mol. The van der Waals surface area contributed by atoms with E-state index >= 15 is 0 Å². The van der Waals surface area contributed by atoms with Crippen LogP contribution in [0.2, 0.25) is 0 Å². The minimum atomic E-state index is -0.628. The van der Waals surface area contributed by atoms with Crippen molar-refractivity contribution >= 4 is 45.4 Å². The lowest BCUT2D eigenvalue weighted by Crippen LogP contribution is -2.34. The van der Waals surface area contributed by atoms with Crippen LogP contribution in [0.4, 0.5) is 10.8 Å². The maximum Gasteiger partial charge on any atom is 0.311 e. The van der Waals surface area contributed by atoms with Crippen LogP contribution in [0.15, 0.2) is 41.8 Å². The van der Waals surface area contributed by atoms with E-state index in [1.165, 1.54) is 30.6 Å². The van der Waals surface area contributed by atoms with Crippen LogP contribution >= 0.6 is 23.6 Å². The van der Waals surface area contributed by atoms with Gasteiger partial charge in [-0.2, -0.15) is 0 Å². The number of carbonyl (C=O) groups excluding carboxylic acids is 1. The van der Waals surface area contributed by atoms with Gasteiger partial charge in [0.1, 0.15) is 0 Å². The van der Waals surface area contributed by atoms with E-state index in [9.17, 15) is 14.9 Å². The Morgan fingerprint density at radius 3 is 2.41 bits per heavy atom. The summed E-state index contributed by atoms with van der Waals surface area (Å²) in [6.07, 6.45) is 0. The molecule has 0 saturated heterocycles. The maximum absolute atomic E-state index is 12.4. The smallest absolute Gasteiger partial charge is 0.311 e. The number of carbonyl (C=O) groups is 1. The number of thiazole rings is 1. The van der Waals surface area contributed by atoms with E-state index in [4.69, 9.17) is 26.4 Å². The molecular formula is C20H18N4O6S2. The van der Waals surface area contributed by atoms with E-state index in [2.05, 4.69) is 15.6 Å². The molecule has 3 rings (SSSR count). The molecule has 0 atom stereocenters. The molecule has 0 aliphatic carbocycles. The van der Waals surface area contributed by atoms with Crippen LogP contribution in [0.1, 0.15) is 10.4 Å². The predicted molar refractivity (Wildman–Crippen MR) is 124 cm³/mol. The zero-order valence-electron chi connectivity index (χ0n) is 17.2. The number of nitro groups is 1. The van der Waals surface area contributed by atoms with Crippen LogP contribution in [-0.2, 0) is 0 Å². The molecule has 0 fully saturated rings. The van der Waals surface area contributed by atoms with Gasteiger partial charge in [-0.1, -0.05) is 0 Å². The minimum Gasteiger partial charge on any atom is -0.493 e. The molecule has 0 unspecified atom stereocenters. The van der Waals surface area contributed by atoms with Crippen molar-refractivity contribution in [3.8, 4) is 28.5 Å². The normalized spacial score (nSPS) is 10.2. The van der Waals surface area contributed by atoms with Crippen molar-refractivity contribution in [1.82, 2.24) is 10.3 Å². The molecule has 1 heterocycles. The monoisotopic (exact) mass is 474 g/mol. The third kappa shape index (κ3) is 5.10. The van der Waals surface area contributed by atoms with Gasteiger partial charge in [-0.25, -0.2) is 4.98 Å². The lowest BCUT2D eigenvalue weighted by molar-refractivity contribution is -0.385. The van der Waals surface area contributed by atoms with E-state index in [0.717, 1.165) is 11.6 Å². The Morgan fingerprint density at radius 2 is 1.75 bits per heavy atom. The van der Waals surface area contributed by atoms with Crippen molar-refractivity contribution in [1.29, 1.82) is 0 Å². The Bertz CT molecular complexity index is 1180. The maximum atomic E-state index is 12.4. The SMILES string of the molecule is COc1ccc(-c2csc(NC(=S)NC(=O)c3ccc(OC)c([N+](=O)[O-])c3)n2)cc1OC. The van der Waals surface area contributed by atoms with Gasteiger partial charge in [0.25, 0.3) is 5.91 Å². The molecule has 0 spiro atoms. The molecule has 32 heavy (non-hydrogen) atoms. The van der Waals surface area contributed by atoms with Gasteiger partial charge in [0.2, 0.25) is 0 Å². The number of rotatable bonds is 7. The molecule has 10 nitrogen and oxygen atoms in total. The van der Waals surface area contributed by atoms with Crippen LogP contribution in [-0.4, -0.2) is 42.3 Å². The van der Waals surface area contributed by atoms with E-state index in [0.29, 0.717) is 22.3 Å². The molecule has 2 aromatic carbocycles. The second-order valence-corrected chi connectivity index (χ2v) is 7.43. The second kappa shape index (κ2) is 10.0. The molecule has 12 heteroatoms. The summed E-state index contributed by atoms with van der Waals surface area (Å²) < 4.78 is 15.5. The third-order valence-corrected chi connectivity index (χ3v) is 5.23. The van der Waals surface area contributed by atoms with Gasteiger partial charge in [-0.05, 0) is 42.5 Å². The topological polar surface area (TPSA) is 125 Å². The van der Waals surface area contributed by atoms with Gasteiger partial charge in [0, 0.05) is 22.6 Å². The van der Waals surface area contributed by atoms with Crippen molar-refractivity contribution in [2.24, 2.45) is 0 Å². The number of nitro benzene ring substituents is 1. The van der Waals surface area contributed by atoms with Crippen molar-refractivity contribution in [3.63, 3.8) is 0 Å². The third-order valence-electron chi connectivity index (χ3n) is 4.27. The van der Waals surface area contributed by atoms with Crippen LogP contribution in [0, 0.1) is 10.1 Å². The molecule has 166 valence electrons. The quantitative estimate of drug-likeness (QED) is 0.298. The van der Waals surface area contributed by atoms with Crippen LogP contribution < -0.4 is 24.8 Å². The molecular weight excluding hydrogens is 456 g/mol. The highest BCUT2D eigenvalue weighted by molar-refractivity contribution is 7.80. The van der Waals surface area contributed by atoms with E-state index in [1.807, 2.05) is 11.4 Å². The number of nitrogens with one attached hydrogen (secondary N) is 2. The van der Waals surface area contributed by atoms with Gasteiger partial charge < -0.3 is 19.5 Å². The fourth-order valence-electron chi connectivity index (χ4n) is 2.74. The minimum absolute atomic E-state index is 0.00156. The fraction of sp³-hybridized carbons (Fsp3) is 0.150.